The number of amides is 3. The number of carbonyl (C=O) groups excluding carboxylic acids is 3. The number of nitrogens with zero attached hydrogens (tertiary/aromatic N) is 1. The zero-order valence-electron chi connectivity index (χ0n) is 18.0. The number of fused-ring (bicyclic) bond motifs is 1. The average Bonchev–Trinajstić information content (AvgIpc) is 3.26. The van der Waals surface area contributed by atoms with E-state index in [1.54, 1.807) is 23.6 Å². The van der Waals surface area contributed by atoms with Gasteiger partial charge in [-0.1, -0.05) is 20.3 Å². The number of aliphatic hydroxyl groups is 1. The molecule has 3 aliphatic rings. The third kappa shape index (κ3) is 3.46. The van der Waals surface area contributed by atoms with Gasteiger partial charge < -0.3 is 20.6 Å². The Bertz CT molecular complexity index is 674. The Morgan fingerprint density at radius 2 is 1.90 bits per heavy atom. The molecular formula is C21H35N3O4S. The van der Waals surface area contributed by atoms with Crippen LogP contribution in [0.1, 0.15) is 59.8 Å². The molecule has 3 rings (SSSR count). The second-order valence-electron chi connectivity index (χ2n) is 8.94. The largest absolute Gasteiger partial charge is 0.394 e. The Balaban J connectivity index is 1.98. The molecule has 7 nitrogen and oxygen atoms in total. The number of unbranched alkanes of at least 4 members (excludes halogenated alkanes) is 1. The summed E-state index contributed by atoms with van der Waals surface area (Å²) in [6, 6.07) is -1.11. The molecule has 3 aliphatic heterocycles. The molecule has 0 aromatic carbocycles. The molecule has 0 radical (unpaired) electrons. The van der Waals surface area contributed by atoms with Gasteiger partial charge in [0.05, 0.1) is 29.2 Å². The van der Waals surface area contributed by atoms with E-state index in [0.717, 1.165) is 32.1 Å². The molecule has 2 unspecified atom stereocenters. The summed E-state index contributed by atoms with van der Waals surface area (Å²) in [5, 5.41) is 15.8. The number of thioether (sulfide) groups is 1. The summed E-state index contributed by atoms with van der Waals surface area (Å²) in [7, 11) is 0. The molecule has 3 saturated heterocycles. The van der Waals surface area contributed by atoms with Crippen LogP contribution < -0.4 is 10.6 Å². The predicted molar refractivity (Wildman–Crippen MR) is 113 cm³/mol. The molecule has 6 atom stereocenters. The monoisotopic (exact) mass is 425 g/mol. The van der Waals surface area contributed by atoms with E-state index in [2.05, 4.69) is 24.5 Å². The van der Waals surface area contributed by atoms with Gasteiger partial charge in [-0.25, -0.2) is 0 Å². The molecule has 3 N–H and O–H groups in total. The minimum absolute atomic E-state index is 0.0783. The fourth-order valence-electron chi connectivity index (χ4n) is 5.47. The molecule has 164 valence electrons. The SMILES string of the molecule is CCCCNC(=O)C1N([C@H](C)CO)C(=O)[C@@H]2[C@@H](C(=O)NCCC)[C@@]3(C)CCC12S3. The highest BCUT2D eigenvalue weighted by Gasteiger charge is 2.77. The fraction of sp³-hybridized carbons (Fsp3) is 0.857. The highest BCUT2D eigenvalue weighted by molar-refractivity contribution is 8.02. The van der Waals surface area contributed by atoms with Crippen molar-refractivity contribution in [3.63, 3.8) is 0 Å². The van der Waals surface area contributed by atoms with Crippen LogP contribution in [0.25, 0.3) is 0 Å². The maximum absolute atomic E-state index is 13.6. The zero-order valence-corrected chi connectivity index (χ0v) is 18.8. The van der Waals surface area contributed by atoms with E-state index in [1.807, 2.05) is 6.92 Å². The Kier molecular flexibility index (Phi) is 6.53. The number of aliphatic hydroxyl groups excluding tert-OH is 1. The number of likely N-dealkylation sites (tertiary alicyclic amines) is 1. The van der Waals surface area contributed by atoms with Crippen LogP contribution in [-0.2, 0) is 14.4 Å². The van der Waals surface area contributed by atoms with Crippen LogP contribution in [0.4, 0.5) is 0 Å². The lowest BCUT2D eigenvalue weighted by Crippen LogP contribution is -2.56. The average molecular weight is 426 g/mol. The third-order valence-electron chi connectivity index (χ3n) is 6.86. The summed E-state index contributed by atoms with van der Waals surface area (Å²) in [5.41, 5.74) is 0. The van der Waals surface area contributed by atoms with E-state index in [1.165, 1.54) is 0 Å². The molecule has 0 aromatic rings. The van der Waals surface area contributed by atoms with Crippen molar-refractivity contribution in [2.45, 2.75) is 81.4 Å². The van der Waals surface area contributed by atoms with Gasteiger partial charge in [0.15, 0.2) is 0 Å². The van der Waals surface area contributed by atoms with Crippen LogP contribution in [0.15, 0.2) is 0 Å². The van der Waals surface area contributed by atoms with Gasteiger partial charge in [-0.3, -0.25) is 14.4 Å². The quantitative estimate of drug-likeness (QED) is 0.484. The molecule has 0 aliphatic carbocycles. The Morgan fingerprint density at radius 3 is 2.52 bits per heavy atom. The van der Waals surface area contributed by atoms with Crippen molar-refractivity contribution < 1.29 is 19.5 Å². The first-order chi connectivity index (χ1) is 13.8. The first-order valence-corrected chi connectivity index (χ1v) is 11.8. The smallest absolute Gasteiger partial charge is 0.244 e. The van der Waals surface area contributed by atoms with Crippen LogP contribution in [0.2, 0.25) is 0 Å². The Morgan fingerprint density at radius 1 is 1.21 bits per heavy atom. The van der Waals surface area contributed by atoms with E-state index in [0.29, 0.717) is 13.1 Å². The molecule has 2 bridgehead atoms. The van der Waals surface area contributed by atoms with E-state index >= 15 is 0 Å². The summed E-state index contributed by atoms with van der Waals surface area (Å²) >= 11 is 1.67. The number of carbonyl (C=O) groups is 3. The van der Waals surface area contributed by atoms with Crippen LogP contribution in [0.3, 0.4) is 0 Å². The summed E-state index contributed by atoms with van der Waals surface area (Å²) in [6.07, 6.45) is 4.24. The molecule has 0 saturated carbocycles. The lowest BCUT2D eigenvalue weighted by molar-refractivity contribution is -0.143. The second kappa shape index (κ2) is 8.46. The van der Waals surface area contributed by atoms with Gasteiger partial charge in [0.1, 0.15) is 6.04 Å². The third-order valence-corrected chi connectivity index (χ3v) is 8.85. The van der Waals surface area contributed by atoms with Crippen molar-refractivity contribution in [2.75, 3.05) is 19.7 Å². The number of rotatable bonds is 9. The number of nitrogens with one attached hydrogen (secondary N) is 2. The highest BCUT2D eigenvalue weighted by atomic mass is 32.2. The van der Waals surface area contributed by atoms with E-state index < -0.39 is 28.7 Å². The molecule has 3 amide bonds. The zero-order chi connectivity index (χ0) is 21.4. The van der Waals surface area contributed by atoms with Crippen LogP contribution in [0, 0.1) is 11.8 Å². The summed E-state index contributed by atoms with van der Waals surface area (Å²) in [4.78, 5) is 41.5. The molecule has 3 heterocycles. The number of hydrogen-bond donors (Lipinski definition) is 3. The molecule has 8 heteroatoms. The van der Waals surface area contributed by atoms with E-state index in [4.69, 9.17) is 0 Å². The van der Waals surface area contributed by atoms with Gasteiger partial charge in [-0.2, -0.15) is 0 Å². The predicted octanol–water partition coefficient (Wildman–Crippen LogP) is 1.29. The lowest BCUT2D eigenvalue weighted by Gasteiger charge is -2.36. The van der Waals surface area contributed by atoms with Crippen molar-refractivity contribution >= 4 is 29.5 Å². The second-order valence-corrected chi connectivity index (χ2v) is 10.8. The number of hydrogen-bond acceptors (Lipinski definition) is 5. The van der Waals surface area contributed by atoms with E-state index in [-0.39, 0.29) is 29.1 Å². The normalized spacial score (nSPS) is 36.2. The topological polar surface area (TPSA) is 98.7 Å². The van der Waals surface area contributed by atoms with Gasteiger partial charge in [-0.15, -0.1) is 11.8 Å². The standard InChI is InChI=1S/C21H35N3O4S/c1-5-7-11-23-18(27)16-21-9-8-20(4,29-21)14(17(26)22-10-6-2)15(21)19(28)24(16)13(3)12-25/h13-16,25H,5-12H2,1-4H3,(H,22,26)(H,23,27)/t13-,14+,15+,16?,20-,21?/m1/s1. The minimum atomic E-state index is -0.644. The summed E-state index contributed by atoms with van der Waals surface area (Å²) in [5.74, 6) is -1.35. The van der Waals surface area contributed by atoms with Crippen LogP contribution in [0.5, 0.6) is 0 Å². The van der Waals surface area contributed by atoms with Crippen LogP contribution in [-0.4, -0.2) is 69.0 Å². The lowest BCUT2D eigenvalue weighted by atomic mass is 9.66. The van der Waals surface area contributed by atoms with Gasteiger partial charge >= 0.3 is 0 Å². The van der Waals surface area contributed by atoms with Gasteiger partial charge in [-0.05, 0) is 39.5 Å². The summed E-state index contributed by atoms with van der Waals surface area (Å²) in [6.45, 7) is 8.86. The van der Waals surface area contributed by atoms with Crippen LogP contribution >= 0.6 is 11.8 Å². The molecule has 3 fully saturated rings. The minimum Gasteiger partial charge on any atom is -0.394 e. The highest BCUT2D eigenvalue weighted by Crippen LogP contribution is 2.71. The maximum atomic E-state index is 13.6. The van der Waals surface area contributed by atoms with Crippen molar-refractivity contribution in [3.05, 3.63) is 0 Å². The van der Waals surface area contributed by atoms with Gasteiger partial charge in [0, 0.05) is 17.8 Å². The first-order valence-electron chi connectivity index (χ1n) is 11.0. The first kappa shape index (κ1) is 22.4. The van der Waals surface area contributed by atoms with Crippen molar-refractivity contribution in [3.8, 4) is 0 Å². The van der Waals surface area contributed by atoms with Gasteiger partial charge in [0.2, 0.25) is 17.7 Å². The molecule has 0 aromatic heterocycles. The van der Waals surface area contributed by atoms with Crippen molar-refractivity contribution in [1.82, 2.24) is 15.5 Å². The van der Waals surface area contributed by atoms with Crippen molar-refractivity contribution in [1.29, 1.82) is 0 Å². The fourth-order valence-corrected chi connectivity index (χ4v) is 7.81. The Labute approximate surface area is 177 Å². The summed E-state index contributed by atoms with van der Waals surface area (Å²) < 4.78 is -0.936. The molecular weight excluding hydrogens is 390 g/mol. The van der Waals surface area contributed by atoms with E-state index in [9.17, 15) is 19.5 Å². The van der Waals surface area contributed by atoms with Gasteiger partial charge in [0.25, 0.3) is 0 Å². The molecule has 29 heavy (non-hydrogen) atoms. The molecule has 1 spiro atoms. The van der Waals surface area contributed by atoms with Crippen molar-refractivity contribution in [2.24, 2.45) is 11.8 Å². The Hall–Kier alpha value is -1.28. The maximum Gasteiger partial charge on any atom is 0.244 e.